The summed E-state index contributed by atoms with van der Waals surface area (Å²) in [5.41, 5.74) is 0.210. The van der Waals surface area contributed by atoms with Crippen LogP contribution in [0.15, 0.2) is 34.9 Å². The number of aryl methyl sites for hydroxylation is 1. The number of carbonyl (C=O) groups is 2. The van der Waals surface area contributed by atoms with E-state index in [1.165, 1.54) is 23.1 Å². The lowest BCUT2D eigenvalue weighted by Gasteiger charge is -2.28. The van der Waals surface area contributed by atoms with Gasteiger partial charge in [0.25, 0.3) is 5.91 Å². The number of aromatic nitrogens is 1. The molecule has 156 valence electrons. The van der Waals surface area contributed by atoms with Gasteiger partial charge < -0.3 is 19.5 Å². The van der Waals surface area contributed by atoms with Crippen LogP contribution < -0.4 is 5.32 Å². The Bertz CT molecular complexity index is 835. The van der Waals surface area contributed by atoms with Crippen LogP contribution in [0.3, 0.4) is 0 Å². The zero-order valence-corrected chi connectivity index (χ0v) is 16.4. The van der Waals surface area contributed by atoms with E-state index in [4.69, 9.17) is 9.26 Å². The molecule has 9 heteroatoms. The Balaban J connectivity index is 1.62. The SMILES string of the molecule is Cc1cc(NC(=O)CN(CCCN2CCOCC2)C(=O)c2cccc(F)c2)no1. The largest absolute Gasteiger partial charge is 0.379 e. The van der Waals surface area contributed by atoms with Crippen molar-refractivity contribution in [2.24, 2.45) is 0 Å². The molecule has 1 N–H and O–H groups in total. The number of nitrogens with one attached hydrogen (secondary N) is 1. The fourth-order valence-electron chi connectivity index (χ4n) is 3.15. The first-order valence-electron chi connectivity index (χ1n) is 9.59. The lowest BCUT2D eigenvalue weighted by molar-refractivity contribution is -0.117. The molecule has 1 aromatic heterocycles. The van der Waals surface area contributed by atoms with Crippen LogP contribution in [0, 0.1) is 12.7 Å². The lowest BCUT2D eigenvalue weighted by atomic mass is 10.2. The summed E-state index contributed by atoms with van der Waals surface area (Å²) in [5.74, 6) is -0.420. The maximum Gasteiger partial charge on any atom is 0.254 e. The molecule has 3 rings (SSSR count). The Morgan fingerprint density at radius 1 is 1.28 bits per heavy atom. The molecule has 1 aliphatic rings. The van der Waals surface area contributed by atoms with Gasteiger partial charge in [-0.25, -0.2) is 4.39 Å². The first-order chi connectivity index (χ1) is 14.0. The molecule has 1 fully saturated rings. The molecule has 0 radical (unpaired) electrons. The number of halogens is 1. The highest BCUT2D eigenvalue weighted by atomic mass is 19.1. The molecular weight excluding hydrogens is 379 g/mol. The fourth-order valence-corrected chi connectivity index (χ4v) is 3.15. The van der Waals surface area contributed by atoms with Gasteiger partial charge >= 0.3 is 0 Å². The standard InChI is InChI=1S/C20H25FN4O4/c1-15-12-18(23-29-15)22-19(26)14-25(7-3-6-24-8-10-28-11-9-24)20(27)16-4-2-5-17(21)13-16/h2,4-5,12-13H,3,6-11,14H2,1H3,(H,22,23,26). The molecule has 29 heavy (non-hydrogen) atoms. The van der Waals surface area contributed by atoms with Crippen LogP contribution in [0.5, 0.6) is 0 Å². The van der Waals surface area contributed by atoms with E-state index in [0.717, 1.165) is 19.6 Å². The highest BCUT2D eigenvalue weighted by molar-refractivity contribution is 5.99. The van der Waals surface area contributed by atoms with Gasteiger partial charge in [-0.3, -0.25) is 14.5 Å². The second-order valence-corrected chi connectivity index (χ2v) is 6.92. The Morgan fingerprint density at radius 3 is 2.76 bits per heavy atom. The molecule has 0 aliphatic carbocycles. The molecule has 0 atom stereocenters. The normalized spacial score (nSPS) is 14.6. The number of anilines is 1. The number of benzene rings is 1. The summed E-state index contributed by atoms with van der Waals surface area (Å²) >= 11 is 0. The van der Waals surface area contributed by atoms with Crippen LogP contribution >= 0.6 is 0 Å². The second-order valence-electron chi connectivity index (χ2n) is 6.92. The maximum atomic E-state index is 13.6. The van der Waals surface area contributed by atoms with Crippen molar-refractivity contribution in [3.8, 4) is 0 Å². The molecule has 1 aliphatic heterocycles. The predicted octanol–water partition coefficient (Wildman–Crippen LogP) is 1.93. The van der Waals surface area contributed by atoms with Crippen molar-refractivity contribution in [1.82, 2.24) is 15.0 Å². The Hall–Kier alpha value is -2.78. The number of hydrogen-bond acceptors (Lipinski definition) is 6. The summed E-state index contributed by atoms with van der Waals surface area (Å²) in [6.45, 7) is 5.82. The van der Waals surface area contributed by atoms with Crippen LogP contribution in [0.2, 0.25) is 0 Å². The molecule has 0 unspecified atom stereocenters. The van der Waals surface area contributed by atoms with Crippen molar-refractivity contribution in [2.75, 3.05) is 51.3 Å². The topological polar surface area (TPSA) is 87.9 Å². The molecule has 2 aromatic rings. The first-order valence-corrected chi connectivity index (χ1v) is 9.59. The highest BCUT2D eigenvalue weighted by Gasteiger charge is 2.20. The van der Waals surface area contributed by atoms with Gasteiger partial charge in [0.05, 0.1) is 13.2 Å². The smallest absolute Gasteiger partial charge is 0.254 e. The number of carbonyl (C=O) groups excluding carboxylic acids is 2. The number of rotatable bonds is 8. The number of morpholine rings is 1. The quantitative estimate of drug-likeness (QED) is 0.723. The molecule has 0 saturated carbocycles. The van der Waals surface area contributed by atoms with Gasteiger partial charge in [-0.05, 0) is 31.5 Å². The fraction of sp³-hybridized carbons (Fsp3) is 0.450. The first kappa shape index (κ1) is 20.9. The minimum Gasteiger partial charge on any atom is -0.379 e. The third-order valence-electron chi connectivity index (χ3n) is 4.59. The summed E-state index contributed by atoms with van der Waals surface area (Å²) in [4.78, 5) is 29.0. The Labute approximate surface area is 168 Å². The summed E-state index contributed by atoms with van der Waals surface area (Å²) in [6, 6.07) is 7.07. The van der Waals surface area contributed by atoms with Crippen LogP contribution in [-0.2, 0) is 9.53 Å². The zero-order valence-electron chi connectivity index (χ0n) is 16.4. The van der Waals surface area contributed by atoms with Crippen molar-refractivity contribution in [3.63, 3.8) is 0 Å². The molecular formula is C20H25FN4O4. The maximum absolute atomic E-state index is 13.6. The molecule has 1 aromatic carbocycles. The third-order valence-corrected chi connectivity index (χ3v) is 4.59. The molecule has 1 saturated heterocycles. The van der Waals surface area contributed by atoms with Crippen LogP contribution in [-0.4, -0.2) is 72.7 Å². The molecule has 2 amide bonds. The molecule has 8 nitrogen and oxygen atoms in total. The van der Waals surface area contributed by atoms with Crippen molar-refractivity contribution in [3.05, 3.63) is 47.5 Å². The summed E-state index contributed by atoms with van der Waals surface area (Å²) in [5, 5.41) is 6.33. The third kappa shape index (κ3) is 6.37. The van der Waals surface area contributed by atoms with Crippen molar-refractivity contribution in [1.29, 1.82) is 0 Å². The number of hydrogen-bond donors (Lipinski definition) is 1. The Kier molecular flexibility index (Phi) is 7.31. The van der Waals surface area contributed by atoms with Crippen LogP contribution in [0.1, 0.15) is 22.5 Å². The predicted molar refractivity (Wildman–Crippen MR) is 104 cm³/mol. The van der Waals surface area contributed by atoms with E-state index >= 15 is 0 Å². The van der Waals surface area contributed by atoms with E-state index in [-0.39, 0.29) is 12.1 Å². The van der Waals surface area contributed by atoms with Crippen molar-refractivity contribution >= 4 is 17.6 Å². The number of amides is 2. The molecule has 2 heterocycles. The zero-order chi connectivity index (χ0) is 20.6. The molecule has 0 spiro atoms. The van der Waals surface area contributed by atoms with Gasteiger partial charge in [0, 0.05) is 37.8 Å². The second kappa shape index (κ2) is 10.1. The van der Waals surface area contributed by atoms with Gasteiger partial charge in [-0.2, -0.15) is 0 Å². The van der Waals surface area contributed by atoms with Crippen molar-refractivity contribution in [2.45, 2.75) is 13.3 Å². The molecule has 0 bridgehead atoms. The van der Waals surface area contributed by atoms with E-state index in [9.17, 15) is 14.0 Å². The highest BCUT2D eigenvalue weighted by Crippen LogP contribution is 2.11. The van der Waals surface area contributed by atoms with Gasteiger partial charge in [-0.1, -0.05) is 11.2 Å². The average Bonchev–Trinajstić information content (AvgIpc) is 3.12. The van der Waals surface area contributed by atoms with Gasteiger partial charge in [0.15, 0.2) is 5.82 Å². The van der Waals surface area contributed by atoms with Crippen LogP contribution in [0.4, 0.5) is 10.2 Å². The lowest BCUT2D eigenvalue weighted by Crippen LogP contribution is -2.41. The number of nitrogens with zero attached hydrogens (tertiary/aromatic N) is 3. The van der Waals surface area contributed by atoms with E-state index in [1.54, 1.807) is 19.1 Å². The van der Waals surface area contributed by atoms with E-state index in [0.29, 0.717) is 37.8 Å². The van der Waals surface area contributed by atoms with Gasteiger partial charge in [-0.15, -0.1) is 0 Å². The van der Waals surface area contributed by atoms with Gasteiger partial charge in [0.1, 0.15) is 18.1 Å². The van der Waals surface area contributed by atoms with E-state index in [2.05, 4.69) is 15.4 Å². The number of ether oxygens (including phenoxy) is 1. The van der Waals surface area contributed by atoms with E-state index < -0.39 is 17.6 Å². The summed E-state index contributed by atoms with van der Waals surface area (Å²) < 4.78 is 23.8. The summed E-state index contributed by atoms with van der Waals surface area (Å²) in [6.07, 6.45) is 0.692. The van der Waals surface area contributed by atoms with Crippen molar-refractivity contribution < 1.29 is 23.2 Å². The Morgan fingerprint density at radius 2 is 2.07 bits per heavy atom. The van der Waals surface area contributed by atoms with Crippen LogP contribution in [0.25, 0.3) is 0 Å². The minimum absolute atomic E-state index is 0.162. The average molecular weight is 404 g/mol. The van der Waals surface area contributed by atoms with Gasteiger partial charge in [0.2, 0.25) is 5.91 Å². The monoisotopic (exact) mass is 404 g/mol. The minimum atomic E-state index is -0.494. The summed E-state index contributed by atoms with van der Waals surface area (Å²) in [7, 11) is 0. The van der Waals surface area contributed by atoms with E-state index in [1.807, 2.05) is 0 Å².